The van der Waals surface area contributed by atoms with E-state index in [1.807, 2.05) is 4.90 Å². The zero-order valence-corrected chi connectivity index (χ0v) is 17.0. The Labute approximate surface area is 177 Å². The number of aliphatic imine (C=N–C) groups is 1. The van der Waals surface area contributed by atoms with E-state index in [0.29, 0.717) is 23.7 Å². The molecule has 5 N–H and O–H groups in total. The molecule has 1 aromatic rings. The lowest BCUT2D eigenvalue weighted by atomic mass is 9.78. The topological polar surface area (TPSA) is 172 Å². The van der Waals surface area contributed by atoms with E-state index in [4.69, 9.17) is 20.9 Å². The van der Waals surface area contributed by atoms with E-state index in [-0.39, 0.29) is 41.5 Å². The van der Waals surface area contributed by atoms with E-state index in [9.17, 15) is 14.4 Å². The van der Waals surface area contributed by atoms with E-state index in [0.717, 1.165) is 0 Å². The second kappa shape index (κ2) is 6.59. The fourth-order valence-corrected chi connectivity index (χ4v) is 5.13. The standard InChI is InChI=1S/C20H22N6O5/c1-8-14(24-9-3-4-12(21)23-5-9)17(28)13-10(7-31-19(22)29)20(30-2)18-11(25-18)6-26(20)15(13)16(8)27/h3-5,8,10-11,18,25H,6-7H2,1-2H3,(H2,21,23)(H2,22,29). The quantitative estimate of drug-likeness (QED) is 0.537. The molecule has 31 heavy (non-hydrogen) atoms. The molecule has 0 bridgehead atoms. The Morgan fingerprint density at radius 3 is 2.84 bits per heavy atom. The number of amides is 1. The van der Waals surface area contributed by atoms with E-state index < -0.39 is 23.7 Å². The number of methoxy groups -OCH3 is 1. The van der Waals surface area contributed by atoms with Gasteiger partial charge in [0.2, 0.25) is 5.78 Å². The van der Waals surface area contributed by atoms with Gasteiger partial charge in [0.1, 0.15) is 12.4 Å². The Morgan fingerprint density at radius 2 is 2.19 bits per heavy atom. The van der Waals surface area contributed by atoms with Crippen LogP contribution >= 0.6 is 0 Å². The number of hydrogen-bond donors (Lipinski definition) is 3. The van der Waals surface area contributed by atoms with Gasteiger partial charge in [-0.1, -0.05) is 0 Å². The molecule has 1 aliphatic carbocycles. The van der Waals surface area contributed by atoms with Gasteiger partial charge in [0.05, 0.1) is 41.2 Å². The SMILES string of the molecule is COC12C(COC(N)=O)C3=C(C(=O)C(C)C(=Nc4ccc(N)nc4)C3=O)N1CC1NC12. The average Bonchev–Trinajstić information content (AvgIpc) is 3.35. The van der Waals surface area contributed by atoms with Crippen LogP contribution in [-0.4, -0.2) is 71.3 Å². The smallest absolute Gasteiger partial charge is 0.404 e. The number of primary amides is 1. The van der Waals surface area contributed by atoms with Crippen LogP contribution in [0.1, 0.15) is 6.92 Å². The fraction of sp³-hybridized carbons (Fsp3) is 0.450. The molecule has 4 heterocycles. The summed E-state index contributed by atoms with van der Waals surface area (Å²) in [5, 5.41) is 3.32. The largest absolute Gasteiger partial charge is 0.449 e. The number of fused-ring (bicyclic) bond motifs is 4. The molecule has 11 nitrogen and oxygen atoms in total. The summed E-state index contributed by atoms with van der Waals surface area (Å²) in [7, 11) is 1.53. The third kappa shape index (κ3) is 2.63. The second-order valence-corrected chi connectivity index (χ2v) is 8.12. The summed E-state index contributed by atoms with van der Waals surface area (Å²) in [6.07, 6.45) is 0.474. The van der Waals surface area contributed by atoms with Crippen molar-refractivity contribution in [3.8, 4) is 0 Å². The van der Waals surface area contributed by atoms with Crippen molar-refractivity contribution in [2.45, 2.75) is 24.7 Å². The number of carbonyl (C=O) groups excluding carboxylic acids is 3. The molecule has 2 saturated heterocycles. The van der Waals surface area contributed by atoms with Crippen LogP contribution in [0.15, 0.2) is 34.6 Å². The van der Waals surface area contributed by atoms with Crippen molar-refractivity contribution in [2.24, 2.45) is 22.6 Å². The van der Waals surface area contributed by atoms with E-state index in [2.05, 4.69) is 15.3 Å². The number of allylic oxidation sites excluding steroid dienone is 1. The predicted molar refractivity (Wildman–Crippen MR) is 108 cm³/mol. The van der Waals surface area contributed by atoms with E-state index in [1.165, 1.54) is 13.3 Å². The van der Waals surface area contributed by atoms with Crippen molar-refractivity contribution in [3.63, 3.8) is 0 Å². The number of Topliss-reactive ketones (excluding diaryl/α,β-unsaturated/α-hetero) is 2. The molecule has 1 amide bonds. The van der Waals surface area contributed by atoms with Crippen LogP contribution in [0.25, 0.3) is 0 Å². The lowest BCUT2D eigenvalue weighted by molar-refractivity contribution is -0.138. The number of hydrogen-bond acceptors (Lipinski definition) is 10. The number of rotatable bonds is 4. The Hall–Kier alpha value is -3.31. The van der Waals surface area contributed by atoms with Crippen LogP contribution in [0, 0.1) is 11.8 Å². The highest BCUT2D eigenvalue weighted by atomic mass is 16.6. The molecule has 0 radical (unpaired) electrons. The summed E-state index contributed by atoms with van der Waals surface area (Å²) in [5.74, 6) is -1.72. The number of pyridine rings is 1. The number of aromatic nitrogens is 1. The maximum Gasteiger partial charge on any atom is 0.404 e. The van der Waals surface area contributed by atoms with E-state index in [1.54, 1.807) is 19.1 Å². The molecule has 162 valence electrons. The lowest BCUT2D eigenvalue weighted by Crippen LogP contribution is -2.55. The van der Waals surface area contributed by atoms with Crippen LogP contribution in [0.4, 0.5) is 16.3 Å². The molecule has 4 aliphatic rings. The highest BCUT2D eigenvalue weighted by Gasteiger charge is 2.73. The van der Waals surface area contributed by atoms with E-state index >= 15 is 0 Å². The van der Waals surface area contributed by atoms with Gasteiger partial charge in [0.15, 0.2) is 11.5 Å². The first-order chi connectivity index (χ1) is 14.8. The van der Waals surface area contributed by atoms with Gasteiger partial charge in [-0.15, -0.1) is 0 Å². The first-order valence-electron chi connectivity index (χ1n) is 9.93. The minimum Gasteiger partial charge on any atom is -0.449 e. The van der Waals surface area contributed by atoms with Crippen molar-refractivity contribution in [1.82, 2.24) is 15.2 Å². The summed E-state index contributed by atoms with van der Waals surface area (Å²) in [6, 6.07) is 3.23. The molecule has 3 aliphatic heterocycles. The monoisotopic (exact) mass is 426 g/mol. The van der Waals surface area contributed by atoms with Gasteiger partial charge >= 0.3 is 6.09 Å². The van der Waals surface area contributed by atoms with Crippen LogP contribution < -0.4 is 16.8 Å². The highest BCUT2D eigenvalue weighted by molar-refractivity contribution is 6.53. The Morgan fingerprint density at radius 1 is 1.42 bits per heavy atom. The van der Waals surface area contributed by atoms with Crippen molar-refractivity contribution >= 4 is 34.9 Å². The summed E-state index contributed by atoms with van der Waals surface area (Å²) in [4.78, 5) is 48.7. The minimum atomic E-state index is -1.01. The lowest BCUT2D eigenvalue weighted by Gasteiger charge is -2.39. The summed E-state index contributed by atoms with van der Waals surface area (Å²) < 4.78 is 11.0. The van der Waals surface area contributed by atoms with Gasteiger partial charge in [-0.3, -0.25) is 9.59 Å². The number of nitrogens with two attached hydrogens (primary N) is 2. The molecule has 5 rings (SSSR count). The highest BCUT2D eigenvalue weighted by Crippen LogP contribution is 2.55. The average molecular weight is 426 g/mol. The number of carbonyl (C=O) groups is 3. The van der Waals surface area contributed by atoms with Crippen molar-refractivity contribution in [1.29, 1.82) is 0 Å². The van der Waals surface area contributed by atoms with Crippen molar-refractivity contribution < 1.29 is 23.9 Å². The van der Waals surface area contributed by atoms with Crippen LogP contribution in [0.3, 0.4) is 0 Å². The third-order valence-electron chi connectivity index (χ3n) is 6.56. The Balaban J connectivity index is 1.62. The van der Waals surface area contributed by atoms with Gasteiger partial charge < -0.3 is 31.2 Å². The zero-order chi connectivity index (χ0) is 22.1. The number of piperazine rings is 1. The molecule has 11 heteroatoms. The number of nitrogen functional groups attached to an aromatic ring is 1. The van der Waals surface area contributed by atoms with Gasteiger partial charge in [-0.25, -0.2) is 14.8 Å². The van der Waals surface area contributed by atoms with Gasteiger partial charge in [-0.05, 0) is 19.1 Å². The summed E-state index contributed by atoms with van der Waals surface area (Å²) in [6.45, 7) is 1.99. The molecular formula is C20H22N6O5. The van der Waals surface area contributed by atoms with Crippen LogP contribution in [0.2, 0.25) is 0 Å². The minimum absolute atomic E-state index is 0.0952. The third-order valence-corrected chi connectivity index (χ3v) is 6.56. The first kappa shape index (κ1) is 19.6. The number of ketones is 2. The van der Waals surface area contributed by atoms with Crippen molar-refractivity contribution in [2.75, 3.05) is 26.0 Å². The maximum atomic E-state index is 13.6. The molecule has 0 spiro atoms. The molecule has 0 saturated carbocycles. The molecule has 5 atom stereocenters. The van der Waals surface area contributed by atoms with Gasteiger partial charge in [0, 0.05) is 25.3 Å². The molecule has 5 unspecified atom stereocenters. The normalized spacial score (nSPS) is 34.6. The maximum absolute atomic E-state index is 13.6. The van der Waals surface area contributed by atoms with Crippen molar-refractivity contribution in [3.05, 3.63) is 29.6 Å². The van der Waals surface area contributed by atoms with Crippen LogP contribution in [-0.2, 0) is 19.1 Å². The molecule has 0 aromatic carbocycles. The summed E-state index contributed by atoms with van der Waals surface area (Å²) >= 11 is 0. The zero-order valence-electron chi connectivity index (χ0n) is 17.0. The Kier molecular flexibility index (Phi) is 4.18. The van der Waals surface area contributed by atoms with Gasteiger partial charge in [-0.2, -0.15) is 0 Å². The summed E-state index contributed by atoms with van der Waals surface area (Å²) in [5.41, 5.74) is 10.9. The van der Waals surface area contributed by atoms with Gasteiger partial charge in [0.25, 0.3) is 0 Å². The number of nitrogens with one attached hydrogen (secondary N) is 1. The molecule has 1 aromatic heterocycles. The predicted octanol–water partition coefficient (Wildman–Crippen LogP) is -0.498. The molecule has 2 fully saturated rings. The fourth-order valence-electron chi connectivity index (χ4n) is 5.13. The second-order valence-electron chi connectivity index (χ2n) is 8.12. The van der Waals surface area contributed by atoms with Crippen LogP contribution in [0.5, 0.6) is 0 Å². The molecular weight excluding hydrogens is 404 g/mol. The Bertz CT molecular complexity index is 1070. The first-order valence-corrected chi connectivity index (χ1v) is 9.93. The number of nitrogens with zero attached hydrogens (tertiary/aromatic N) is 3. The number of ether oxygens (including phenoxy) is 2. The number of anilines is 1.